The van der Waals surface area contributed by atoms with E-state index in [9.17, 15) is 17.3 Å². The molecule has 2 aliphatic heterocycles. The van der Waals surface area contributed by atoms with Gasteiger partial charge in [0, 0.05) is 42.1 Å². The molecular formula is C42H48BF4P2Rh-. The van der Waals surface area contributed by atoms with Crippen LogP contribution in [0.25, 0.3) is 0 Å². The van der Waals surface area contributed by atoms with Crippen molar-refractivity contribution in [2.75, 3.05) is 12.3 Å². The van der Waals surface area contributed by atoms with Crippen molar-refractivity contribution in [3.63, 3.8) is 0 Å². The van der Waals surface area contributed by atoms with Gasteiger partial charge in [-0.2, -0.15) is 0 Å². The Balaban J connectivity index is 0.000000340. The van der Waals surface area contributed by atoms with Crippen LogP contribution in [0.4, 0.5) is 17.3 Å². The summed E-state index contributed by atoms with van der Waals surface area (Å²) >= 11 is 0. The molecule has 3 aliphatic rings. The van der Waals surface area contributed by atoms with Crippen molar-refractivity contribution in [1.82, 2.24) is 0 Å². The largest absolute Gasteiger partial charge is 0.673 e. The first-order valence-corrected chi connectivity index (χ1v) is 21.1. The Bertz CT molecular complexity index is 1330. The fourth-order valence-corrected chi connectivity index (χ4v) is 15.7. The molecule has 1 aliphatic carbocycles. The van der Waals surface area contributed by atoms with Gasteiger partial charge in [0.25, 0.3) is 0 Å². The van der Waals surface area contributed by atoms with Crippen LogP contribution >= 0.6 is 15.8 Å². The van der Waals surface area contributed by atoms with Crippen LogP contribution in [0.15, 0.2) is 146 Å². The van der Waals surface area contributed by atoms with Crippen LogP contribution in [0.2, 0.25) is 0 Å². The predicted octanol–water partition coefficient (Wildman–Crippen LogP) is 14.5. The summed E-state index contributed by atoms with van der Waals surface area (Å²) in [5, 5.41) is 0. The Morgan fingerprint density at radius 3 is 0.800 bits per heavy atom. The van der Waals surface area contributed by atoms with Gasteiger partial charge in [-0.3, -0.25) is 0 Å². The van der Waals surface area contributed by atoms with Crippen molar-refractivity contribution < 1.29 is 36.7 Å². The van der Waals surface area contributed by atoms with Gasteiger partial charge in [-0.15, -0.1) is 0 Å². The van der Waals surface area contributed by atoms with Crippen molar-refractivity contribution in [3.05, 3.63) is 168 Å². The zero-order valence-electron chi connectivity index (χ0n) is 28.6. The third-order valence-electron chi connectivity index (χ3n) is 9.72. The Morgan fingerprint density at radius 2 is 0.600 bits per heavy atom. The van der Waals surface area contributed by atoms with Gasteiger partial charge in [0.05, 0.1) is 0 Å². The van der Waals surface area contributed by atoms with E-state index in [1.54, 1.807) is 22.3 Å². The van der Waals surface area contributed by atoms with Crippen LogP contribution in [0.5, 0.6) is 0 Å². The fourth-order valence-electron chi connectivity index (χ4n) is 7.57. The van der Waals surface area contributed by atoms with E-state index in [1.165, 1.54) is 63.7 Å². The number of benzene rings is 4. The summed E-state index contributed by atoms with van der Waals surface area (Å²) in [6.45, 7) is 0. The second kappa shape index (κ2) is 21.2. The maximum absolute atomic E-state index is 9.75. The molecule has 0 amide bonds. The molecular weight excluding hydrogens is 756 g/mol. The van der Waals surface area contributed by atoms with Crippen LogP contribution in [-0.4, -0.2) is 19.6 Å². The van der Waals surface area contributed by atoms with E-state index in [1.807, 2.05) is 0 Å². The molecule has 2 heterocycles. The van der Waals surface area contributed by atoms with Crippen molar-refractivity contribution in [3.8, 4) is 0 Å². The summed E-state index contributed by atoms with van der Waals surface area (Å²) in [6.07, 6.45) is 22.2. The fraction of sp³-hybridized carbons (Fsp3) is 0.333. The van der Waals surface area contributed by atoms with Crippen LogP contribution in [0, 0.1) is 0 Å². The van der Waals surface area contributed by atoms with Gasteiger partial charge >= 0.3 is 7.25 Å². The zero-order valence-corrected chi connectivity index (χ0v) is 32.0. The quantitative estimate of drug-likeness (QED) is 0.0756. The SMILES string of the molecule is C1=C\CC/C=C\CC/1.F[B-](F)(F)F.[Rh].c1ccc(C2CCC(c3ccccc3)P2CCP2C(c3ccccc3)CCC2c2ccccc2)cc1. The molecule has 0 spiro atoms. The maximum Gasteiger partial charge on any atom is 0.673 e. The smallest absolute Gasteiger partial charge is 0.418 e. The van der Waals surface area contributed by atoms with Crippen LogP contribution in [0.1, 0.15) is 96.3 Å². The van der Waals surface area contributed by atoms with Gasteiger partial charge < -0.3 is 17.3 Å². The minimum absolute atomic E-state index is 0. The minimum Gasteiger partial charge on any atom is -0.418 e. The maximum atomic E-state index is 9.75. The molecule has 4 atom stereocenters. The molecule has 7 rings (SSSR count). The summed E-state index contributed by atoms with van der Waals surface area (Å²) in [5.41, 5.74) is 9.31. The topological polar surface area (TPSA) is 0 Å². The van der Waals surface area contributed by atoms with Gasteiger partial charge in [0.2, 0.25) is 0 Å². The van der Waals surface area contributed by atoms with Crippen molar-refractivity contribution in [1.29, 1.82) is 0 Å². The average Bonchev–Trinajstić information content (AvgIpc) is 3.73. The molecule has 1 radical (unpaired) electrons. The molecule has 0 bridgehead atoms. The number of rotatable bonds is 7. The summed E-state index contributed by atoms with van der Waals surface area (Å²) in [4.78, 5) is 0. The molecule has 0 saturated carbocycles. The zero-order chi connectivity index (χ0) is 34.3. The standard InChI is InChI=1S/C34H36P2.C8H12.BF4.Rh/c1-5-13-27(14-6-1)31-21-22-32(28-15-7-2-8-16-28)35(31)25-26-36-33(29-17-9-3-10-18-29)23-24-34(36)30-19-11-4-12-20-30;1-2-4-6-8-7-5-3-1;2-1(3,4)5;/h1-20,31-34H,21-26H2;1-2,7-8H,3-6H2;;/q;;-1;/b;2-1-,8-7-;;. The van der Waals surface area contributed by atoms with Crippen molar-refractivity contribution in [2.45, 2.75) is 74.0 Å². The van der Waals surface area contributed by atoms with E-state index in [-0.39, 0.29) is 35.3 Å². The average molecular weight is 805 g/mol. The van der Waals surface area contributed by atoms with Gasteiger partial charge in [-0.05, 0) is 85.9 Å². The van der Waals surface area contributed by atoms with E-state index in [0.29, 0.717) is 0 Å². The third-order valence-corrected chi connectivity index (χ3v) is 17.0. The molecule has 267 valence electrons. The molecule has 2 saturated heterocycles. The number of allylic oxidation sites excluding steroid dienone is 4. The van der Waals surface area contributed by atoms with Gasteiger partial charge in [0.1, 0.15) is 0 Å². The second-order valence-corrected chi connectivity index (χ2v) is 18.4. The first kappa shape index (κ1) is 40.4. The normalized spacial score (nSPS) is 25.7. The second-order valence-electron chi connectivity index (χ2n) is 12.9. The Kier molecular flexibility index (Phi) is 17.2. The number of hydrogen-bond donors (Lipinski definition) is 0. The van der Waals surface area contributed by atoms with E-state index in [0.717, 1.165) is 22.6 Å². The molecule has 4 aromatic rings. The van der Waals surface area contributed by atoms with Gasteiger partial charge in [0.15, 0.2) is 0 Å². The summed E-state index contributed by atoms with van der Waals surface area (Å²) in [5.74, 6) is 0. The Morgan fingerprint density at radius 1 is 0.400 bits per heavy atom. The summed E-state index contributed by atoms with van der Waals surface area (Å²) in [6, 6.07) is 45.8. The van der Waals surface area contributed by atoms with Gasteiger partial charge in [-0.25, -0.2) is 0 Å². The first-order valence-electron chi connectivity index (χ1n) is 17.8. The molecule has 0 N–H and O–H groups in total. The molecule has 4 unspecified atom stereocenters. The van der Waals surface area contributed by atoms with E-state index >= 15 is 0 Å². The molecule has 0 aromatic heterocycles. The molecule has 2 fully saturated rings. The molecule has 4 aromatic carbocycles. The van der Waals surface area contributed by atoms with Gasteiger partial charge in [-0.1, -0.05) is 161 Å². The molecule has 0 nitrogen and oxygen atoms in total. The molecule has 50 heavy (non-hydrogen) atoms. The monoisotopic (exact) mass is 804 g/mol. The Hall–Kier alpha value is -2.37. The van der Waals surface area contributed by atoms with Crippen LogP contribution < -0.4 is 0 Å². The number of hydrogen-bond acceptors (Lipinski definition) is 0. The Labute approximate surface area is 312 Å². The summed E-state index contributed by atoms with van der Waals surface area (Å²) in [7, 11) is -6.20. The molecule has 8 heteroatoms. The van der Waals surface area contributed by atoms with E-state index in [2.05, 4.69) is 146 Å². The van der Waals surface area contributed by atoms with Crippen molar-refractivity contribution >= 4 is 23.1 Å². The third kappa shape index (κ3) is 12.7. The van der Waals surface area contributed by atoms with Crippen LogP contribution in [-0.2, 0) is 19.5 Å². The predicted molar refractivity (Wildman–Crippen MR) is 206 cm³/mol. The summed E-state index contributed by atoms with van der Waals surface area (Å²) < 4.78 is 39.0. The van der Waals surface area contributed by atoms with Crippen molar-refractivity contribution in [2.24, 2.45) is 0 Å². The van der Waals surface area contributed by atoms with E-state index < -0.39 is 7.25 Å². The number of halogens is 4. The van der Waals surface area contributed by atoms with Crippen LogP contribution in [0.3, 0.4) is 0 Å². The van der Waals surface area contributed by atoms with E-state index in [4.69, 9.17) is 0 Å². The first-order chi connectivity index (χ1) is 23.9. The minimum atomic E-state index is -6.00.